The fourth-order valence-corrected chi connectivity index (χ4v) is 7.08. The summed E-state index contributed by atoms with van der Waals surface area (Å²) in [6.07, 6.45) is 0.181. The number of thiazole rings is 1. The van der Waals surface area contributed by atoms with Crippen LogP contribution in [0.2, 0.25) is 5.02 Å². The number of phenolic OH excluding ortho intramolecular Hbond substituents is 2. The minimum absolute atomic E-state index is 0.0432. The van der Waals surface area contributed by atoms with Crippen LogP contribution in [0, 0.1) is 5.92 Å². The van der Waals surface area contributed by atoms with Crippen molar-refractivity contribution in [3.8, 4) is 11.5 Å². The number of rotatable bonds is 12. The van der Waals surface area contributed by atoms with Gasteiger partial charge in [-0.05, 0) is 26.0 Å². The van der Waals surface area contributed by atoms with E-state index < -0.39 is 104 Å². The van der Waals surface area contributed by atoms with Gasteiger partial charge in [-0.25, -0.2) is 19.4 Å². The number of carbonyl (C=O) groups excluding carboxylic acids is 4. The quantitative estimate of drug-likeness (QED) is 0.0344. The van der Waals surface area contributed by atoms with E-state index in [9.17, 15) is 54.0 Å². The van der Waals surface area contributed by atoms with Gasteiger partial charge in [0.05, 0.1) is 28.4 Å². The number of β-lactam (4-membered cyclic amide) rings is 1. The lowest BCUT2D eigenvalue weighted by molar-refractivity contribution is -0.161. The fourth-order valence-electron chi connectivity index (χ4n) is 4.66. The van der Waals surface area contributed by atoms with Crippen molar-refractivity contribution in [2.75, 3.05) is 17.7 Å². The Balaban J connectivity index is 1.36. The standard InChI is InChI=1S/C26H23ClN8O12S2/c1-25(2,21(42)43)47-32-15(11-6-48-23(28)30-11)13(37)5-10-19(41)33-7-26(22(44)45,49-20(10)33)35-24(46)34(8-29-35)31-18(40)16(38)9-3-4-12(36)17(39)14(9)27/h3-4,6,8,10,20,36,39H,5,7H2,1-2H3,(H2,28,30)(H,31,40)(H,42,43)(H,44,45)/b32-15-/t10-,20-,26-/m1/s1. The smallest absolute Gasteiger partial charge is 0.366 e. The second-order valence-corrected chi connectivity index (χ2v) is 13.6. The largest absolute Gasteiger partial charge is 0.504 e. The number of amides is 2. The van der Waals surface area contributed by atoms with Gasteiger partial charge in [-0.3, -0.25) is 24.6 Å². The molecule has 2 aromatic heterocycles. The highest BCUT2D eigenvalue weighted by Gasteiger charge is 2.64. The third-order valence-electron chi connectivity index (χ3n) is 7.38. The predicted octanol–water partition coefficient (Wildman–Crippen LogP) is -0.387. The van der Waals surface area contributed by atoms with Gasteiger partial charge < -0.3 is 35.9 Å². The van der Waals surface area contributed by atoms with Crippen molar-refractivity contribution < 1.29 is 54.0 Å². The summed E-state index contributed by atoms with van der Waals surface area (Å²) >= 11 is 7.42. The Morgan fingerprint density at radius 1 is 1.20 bits per heavy atom. The summed E-state index contributed by atoms with van der Waals surface area (Å²) in [6, 6.07) is 1.86. The van der Waals surface area contributed by atoms with Crippen LogP contribution in [-0.4, -0.2) is 103 Å². The van der Waals surface area contributed by atoms with Crippen LogP contribution in [0.4, 0.5) is 5.13 Å². The van der Waals surface area contributed by atoms with Gasteiger partial charge in [-0.1, -0.05) is 28.5 Å². The molecule has 0 unspecified atom stereocenters. The highest BCUT2D eigenvalue weighted by molar-refractivity contribution is 8.01. The number of nitrogen functional groups attached to an aromatic ring is 1. The summed E-state index contributed by atoms with van der Waals surface area (Å²) in [4.78, 5) is 97.2. The molecule has 20 nitrogen and oxygen atoms in total. The first-order chi connectivity index (χ1) is 22.9. The number of carboxylic acids is 2. The molecular weight excluding hydrogens is 716 g/mol. The molecule has 0 saturated carbocycles. The van der Waals surface area contributed by atoms with Gasteiger partial charge in [-0.2, -0.15) is 14.5 Å². The van der Waals surface area contributed by atoms with Gasteiger partial charge in [-0.15, -0.1) is 11.3 Å². The van der Waals surface area contributed by atoms with Gasteiger partial charge in [0.1, 0.15) is 12.0 Å². The molecule has 5 rings (SSSR count). The first-order valence-corrected chi connectivity index (χ1v) is 15.7. The molecule has 0 radical (unpaired) electrons. The molecule has 2 fully saturated rings. The van der Waals surface area contributed by atoms with Crippen molar-refractivity contribution in [1.82, 2.24) is 24.3 Å². The maximum Gasteiger partial charge on any atom is 0.366 e. The van der Waals surface area contributed by atoms with Crippen molar-refractivity contribution in [3.05, 3.63) is 50.6 Å². The number of carbonyl (C=O) groups is 6. The number of hydrogen-bond acceptors (Lipinski definition) is 16. The number of oxime groups is 1. The van der Waals surface area contributed by atoms with Crippen LogP contribution in [0.15, 0.2) is 33.8 Å². The number of Topliss-reactive ketones (excluding diaryl/α,β-unsaturated/α-hetero) is 2. The first kappa shape index (κ1) is 34.8. The number of hydrogen-bond donors (Lipinski definition) is 6. The molecule has 2 saturated heterocycles. The van der Waals surface area contributed by atoms with Gasteiger partial charge in [0.25, 0.3) is 5.78 Å². The Hall–Kier alpha value is -5.48. The van der Waals surface area contributed by atoms with Gasteiger partial charge in [0.15, 0.2) is 28.1 Å². The maximum absolute atomic E-state index is 13.4. The topological polar surface area (TPSA) is 299 Å². The lowest BCUT2D eigenvalue weighted by Crippen LogP contribution is -2.58. The highest BCUT2D eigenvalue weighted by Crippen LogP contribution is 2.52. The SMILES string of the molecule is CC(C)(O/N=C(\C(=O)C[C@@H]1C(=O)N2C[C@@](C(=O)O)(n3ncn(NC(=O)C(=O)c4ccc(O)c(O)c4Cl)c3=O)S[C@H]12)c1csc(N)n1)C(=O)O. The third-order valence-corrected chi connectivity index (χ3v) is 10.1. The second-order valence-electron chi connectivity index (χ2n) is 11.0. The van der Waals surface area contributed by atoms with Crippen molar-refractivity contribution in [2.24, 2.45) is 11.1 Å². The van der Waals surface area contributed by atoms with Crippen LogP contribution in [0.25, 0.3) is 0 Å². The van der Waals surface area contributed by atoms with E-state index in [0.717, 1.165) is 28.4 Å². The summed E-state index contributed by atoms with van der Waals surface area (Å²) < 4.78 is 0.903. The van der Waals surface area contributed by atoms with Crippen LogP contribution < -0.4 is 16.8 Å². The van der Waals surface area contributed by atoms with E-state index in [2.05, 4.69) is 15.2 Å². The van der Waals surface area contributed by atoms with E-state index in [0.29, 0.717) is 27.4 Å². The molecule has 0 bridgehead atoms. The Morgan fingerprint density at radius 3 is 2.51 bits per heavy atom. The van der Waals surface area contributed by atoms with E-state index in [-0.39, 0.29) is 10.8 Å². The van der Waals surface area contributed by atoms with Crippen LogP contribution in [0.5, 0.6) is 11.5 Å². The number of aromatic nitrogens is 4. The molecule has 3 aromatic rings. The van der Waals surface area contributed by atoms with Crippen LogP contribution in [0.3, 0.4) is 0 Å². The van der Waals surface area contributed by atoms with Gasteiger partial charge in [0.2, 0.25) is 16.4 Å². The molecule has 2 aliphatic heterocycles. The Bertz CT molecular complexity index is 2040. The number of aromatic hydroxyl groups is 2. The summed E-state index contributed by atoms with van der Waals surface area (Å²) in [5.74, 6) is -9.83. The molecule has 2 aliphatic rings. The normalized spacial score (nSPS) is 20.3. The Morgan fingerprint density at radius 2 is 1.90 bits per heavy atom. The molecule has 1 aromatic carbocycles. The second kappa shape index (κ2) is 12.5. The van der Waals surface area contributed by atoms with Gasteiger partial charge >= 0.3 is 23.5 Å². The molecule has 4 heterocycles. The minimum Gasteiger partial charge on any atom is -0.504 e. The molecule has 3 atom stereocenters. The number of aliphatic carboxylic acids is 2. The number of benzene rings is 1. The average Bonchev–Trinajstić information content (AvgIpc) is 3.74. The lowest BCUT2D eigenvalue weighted by atomic mass is 9.90. The molecule has 0 aliphatic carbocycles. The number of carboxylic acid groups (broad SMARTS) is 2. The number of anilines is 1. The monoisotopic (exact) mass is 738 g/mol. The van der Waals surface area contributed by atoms with Crippen LogP contribution in [0.1, 0.15) is 36.3 Å². The summed E-state index contributed by atoms with van der Waals surface area (Å²) in [5, 5.41) is 46.2. The van der Waals surface area contributed by atoms with Crippen molar-refractivity contribution in [2.45, 2.75) is 36.1 Å². The first-order valence-electron chi connectivity index (χ1n) is 13.6. The molecule has 23 heteroatoms. The Kier molecular flexibility index (Phi) is 8.90. The summed E-state index contributed by atoms with van der Waals surface area (Å²) in [7, 11) is 0. The number of nitrogens with zero attached hydrogens (tertiary/aromatic N) is 6. The van der Waals surface area contributed by atoms with E-state index in [4.69, 9.17) is 22.2 Å². The van der Waals surface area contributed by atoms with Gasteiger partial charge in [0, 0.05) is 11.8 Å². The zero-order valence-corrected chi connectivity index (χ0v) is 27.3. The zero-order valence-electron chi connectivity index (χ0n) is 24.9. The molecule has 7 N–H and O–H groups in total. The summed E-state index contributed by atoms with van der Waals surface area (Å²) in [6.45, 7) is 1.80. The highest BCUT2D eigenvalue weighted by atomic mass is 35.5. The fraction of sp³-hybridized carbons (Fsp3) is 0.308. The minimum atomic E-state index is -2.24. The van der Waals surface area contributed by atoms with Crippen molar-refractivity contribution in [1.29, 1.82) is 0 Å². The molecule has 0 spiro atoms. The number of ketones is 2. The van der Waals surface area contributed by atoms with Crippen LogP contribution >= 0.6 is 34.7 Å². The third kappa shape index (κ3) is 6.04. The number of nitrogens with two attached hydrogens (primary N) is 1. The lowest BCUT2D eigenvalue weighted by Gasteiger charge is -2.40. The number of halogens is 1. The van der Waals surface area contributed by atoms with Crippen molar-refractivity contribution >= 4 is 80.9 Å². The van der Waals surface area contributed by atoms with E-state index in [1.807, 2.05) is 5.43 Å². The molecule has 258 valence electrons. The number of nitrogens with one attached hydrogen (secondary N) is 1. The number of fused-ring (bicyclic) bond motifs is 1. The molecule has 49 heavy (non-hydrogen) atoms. The van der Waals surface area contributed by atoms with Crippen LogP contribution in [-0.2, 0) is 33.7 Å². The van der Waals surface area contributed by atoms with Crippen molar-refractivity contribution in [3.63, 3.8) is 0 Å². The summed E-state index contributed by atoms with van der Waals surface area (Å²) in [5.41, 5.74) is 3.55. The van der Waals surface area contributed by atoms with E-state index in [1.165, 1.54) is 19.2 Å². The maximum atomic E-state index is 13.4. The van der Waals surface area contributed by atoms with E-state index in [1.54, 1.807) is 0 Å². The average molecular weight is 739 g/mol. The van der Waals surface area contributed by atoms with E-state index >= 15 is 0 Å². The number of phenols is 2. The zero-order chi connectivity index (χ0) is 36.2. The predicted molar refractivity (Wildman–Crippen MR) is 168 cm³/mol. The molecule has 2 amide bonds. The molecular formula is C26H23ClN8O12S2. The Labute approximate surface area is 285 Å². The number of thioether (sulfide) groups is 1.